The topological polar surface area (TPSA) is 49.9 Å². The Balaban J connectivity index is 2.24. The Labute approximate surface area is 118 Å². The van der Waals surface area contributed by atoms with Crippen molar-refractivity contribution in [3.8, 4) is 0 Å². The van der Waals surface area contributed by atoms with Crippen molar-refractivity contribution in [1.29, 1.82) is 0 Å². The van der Waals surface area contributed by atoms with Gasteiger partial charge in [-0.15, -0.1) is 0 Å². The van der Waals surface area contributed by atoms with E-state index in [1.807, 2.05) is 18.2 Å². The van der Waals surface area contributed by atoms with Crippen LogP contribution in [0.3, 0.4) is 0 Å². The third-order valence-corrected chi connectivity index (χ3v) is 5.15. The van der Waals surface area contributed by atoms with Gasteiger partial charge < -0.3 is 4.98 Å². The highest BCUT2D eigenvalue weighted by molar-refractivity contribution is 7.91. The Hall–Kier alpha value is -2.07. The molecule has 20 heavy (non-hydrogen) atoms. The minimum atomic E-state index is -3.50. The van der Waals surface area contributed by atoms with Crippen LogP contribution in [0.15, 0.2) is 64.5 Å². The van der Waals surface area contributed by atoms with E-state index in [9.17, 15) is 8.42 Å². The first kappa shape index (κ1) is 12.9. The van der Waals surface area contributed by atoms with E-state index in [1.165, 1.54) is 0 Å². The summed E-state index contributed by atoms with van der Waals surface area (Å²) in [7, 11) is -3.50. The molecule has 0 unspecified atom stereocenters. The molecule has 0 bridgehead atoms. The number of rotatable bonds is 3. The van der Waals surface area contributed by atoms with Crippen molar-refractivity contribution < 1.29 is 8.42 Å². The molecule has 3 aromatic rings. The monoisotopic (exact) mass is 284 g/mol. The third-order valence-electron chi connectivity index (χ3n) is 3.34. The lowest BCUT2D eigenvalue weighted by atomic mass is 10.1. The zero-order chi connectivity index (χ0) is 14.2. The average Bonchev–Trinajstić information content (AvgIpc) is 2.91. The number of aromatic nitrogens is 1. The van der Waals surface area contributed by atoms with Crippen molar-refractivity contribution in [1.82, 2.24) is 4.98 Å². The normalized spacial score (nSPS) is 11.8. The minimum Gasteiger partial charge on any atom is -0.360 e. The Kier molecular flexibility index (Phi) is 3.10. The molecule has 0 saturated heterocycles. The summed E-state index contributed by atoms with van der Waals surface area (Å²) in [5, 5.41) is 0.718. The molecule has 3 nitrogen and oxygen atoms in total. The maximum absolute atomic E-state index is 12.7. The predicted octanol–water partition coefficient (Wildman–Crippen LogP) is 3.38. The van der Waals surface area contributed by atoms with Gasteiger partial charge in [-0.25, -0.2) is 8.42 Å². The maximum atomic E-state index is 12.7. The van der Waals surface area contributed by atoms with Crippen LogP contribution in [-0.2, 0) is 16.3 Å². The molecule has 0 atom stereocenters. The summed E-state index contributed by atoms with van der Waals surface area (Å²) in [6.07, 6.45) is 2.19. The zero-order valence-corrected chi connectivity index (χ0v) is 11.7. The number of H-pyrrole nitrogens is 1. The van der Waals surface area contributed by atoms with Gasteiger partial charge in [0.05, 0.1) is 9.79 Å². The van der Waals surface area contributed by atoms with Crippen molar-refractivity contribution in [3.05, 3.63) is 67.2 Å². The quantitative estimate of drug-likeness (QED) is 0.801. The van der Waals surface area contributed by atoms with Crippen molar-refractivity contribution in [2.24, 2.45) is 0 Å². The smallest absolute Gasteiger partial charge is 0.208 e. The lowest BCUT2D eigenvalue weighted by Gasteiger charge is -2.04. The first-order valence-electron chi connectivity index (χ1n) is 6.32. The average molecular weight is 284 g/mol. The Morgan fingerprint density at radius 2 is 1.80 bits per heavy atom. The summed E-state index contributed by atoms with van der Waals surface area (Å²) in [6, 6.07) is 14.2. The number of hydrogen-bond acceptors (Lipinski definition) is 2. The highest BCUT2D eigenvalue weighted by Crippen LogP contribution is 2.28. The van der Waals surface area contributed by atoms with Crippen molar-refractivity contribution in [2.45, 2.75) is 16.2 Å². The van der Waals surface area contributed by atoms with Gasteiger partial charge in [-0.3, -0.25) is 0 Å². The molecular formula is C16H14NO2S. The molecule has 101 valence electrons. The standard InChI is InChI=1S/C16H14NO2S/c1-2-12-8-9-15-14(10-12)16(11-17-15)20(18,19)13-6-4-3-5-7-13/h3-11,17H,1-2H2. The molecule has 1 heterocycles. The number of nitrogens with one attached hydrogen (secondary N) is 1. The molecule has 0 aliphatic carbocycles. The fourth-order valence-corrected chi connectivity index (χ4v) is 3.69. The van der Waals surface area contributed by atoms with Crippen LogP contribution >= 0.6 is 0 Å². The SMILES string of the molecule is [CH2]Cc1ccc2[nH]cc(S(=O)(=O)c3ccccc3)c2c1. The second-order valence-corrected chi connectivity index (χ2v) is 6.52. The molecule has 0 spiro atoms. The van der Waals surface area contributed by atoms with Crippen molar-refractivity contribution in [3.63, 3.8) is 0 Å². The van der Waals surface area contributed by atoms with E-state index in [0.29, 0.717) is 16.2 Å². The van der Waals surface area contributed by atoms with Gasteiger partial charge in [0, 0.05) is 17.1 Å². The van der Waals surface area contributed by atoms with Crippen molar-refractivity contribution in [2.75, 3.05) is 0 Å². The van der Waals surface area contributed by atoms with Gasteiger partial charge in [-0.1, -0.05) is 24.3 Å². The molecule has 1 aromatic heterocycles. The van der Waals surface area contributed by atoms with Crippen LogP contribution in [0.25, 0.3) is 10.9 Å². The van der Waals surface area contributed by atoms with Crippen LogP contribution < -0.4 is 0 Å². The van der Waals surface area contributed by atoms with E-state index in [0.717, 1.165) is 16.5 Å². The largest absolute Gasteiger partial charge is 0.360 e. The molecule has 0 aliphatic heterocycles. The fourth-order valence-electron chi connectivity index (χ4n) is 2.25. The number of sulfone groups is 1. The maximum Gasteiger partial charge on any atom is 0.208 e. The Morgan fingerprint density at radius 1 is 1.05 bits per heavy atom. The van der Waals surface area contributed by atoms with Crippen LogP contribution in [0.2, 0.25) is 0 Å². The molecule has 0 saturated carbocycles. The first-order valence-corrected chi connectivity index (χ1v) is 7.80. The van der Waals surface area contributed by atoms with Crippen LogP contribution in [0, 0.1) is 6.92 Å². The van der Waals surface area contributed by atoms with Gasteiger partial charge in [0.15, 0.2) is 0 Å². The lowest BCUT2D eigenvalue weighted by molar-refractivity contribution is 0.597. The van der Waals surface area contributed by atoms with E-state index in [4.69, 9.17) is 0 Å². The molecule has 0 amide bonds. The number of benzene rings is 2. The molecule has 3 rings (SSSR count). The van der Waals surface area contributed by atoms with Gasteiger partial charge >= 0.3 is 0 Å². The van der Waals surface area contributed by atoms with Gasteiger partial charge in [-0.2, -0.15) is 0 Å². The zero-order valence-electron chi connectivity index (χ0n) is 10.8. The van der Waals surface area contributed by atoms with Gasteiger partial charge in [0.25, 0.3) is 0 Å². The van der Waals surface area contributed by atoms with E-state index < -0.39 is 9.84 Å². The molecule has 0 aliphatic rings. The van der Waals surface area contributed by atoms with Gasteiger partial charge in [-0.05, 0) is 43.2 Å². The molecule has 1 N–H and O–H groups in total. The summed E-state index contributed by atoms with van der Waals surface area (Å²) in [6.45, 7) is 3.84. The second kappa shape index (κ2) is 4.80. The Morgan fingerprint density at radius 3 is 2.50 bits per heavy atom. The van der Waals surface area contributed by atoms with E-state index >= 15 is 0 Å². The highest BCUT2D eigenvalue weighted by Gasteiger charge is 2.21. The van der Waals surface area contributed by atoms with Crippen LogP contribution in [0.1, 0.15) is 5.56 Å². The molecule has 2 aromatic carbocycles. The predicted molar refractivity (Wildman–Crippen MR) is 79.3 cm³/mol. The first-order chi connectivity index (χ1) is 9.63. The van der Waals surface area contributed by atoms with Crippen LogP contribution in [0.4, 0.5) is 0 Å². The molecular weight excluding hydrogens is 270 g/mol. The number of fused-ring (bicyclic) bond motifs is 1. The van der Waals surface area contributed by atoms with E-state index in [-0.39, 0.29) is 0 Å². The fraction of sp³-hybridized carbons (Fsp3) is 0.0625. The summed E-state index contributed by atoms with van der Waals surface area (Å²) in [5.74, 6) is 0. The molecule has 4 heteroatoms. The van der Waals surface area contributed by atoms with E-state index in [2.05, 4.69) is 11.9 Å². The summed E-state index contributed by atoms with van der Waals surface area (Å²) in [4.78, 5) is 3.64. The molecule has 1 radical (unpaired) electrons. The van der Waals surface area contributed by atoms with Gasteiger partial charge in [0.2, 0.25) is 9.84 Å². The van der Waals surface area contributed by atoms with Crippen LogP contribution in [-0.4, -0.2) is 13.4 Å². The van der Waals surface area contributed by atoms with Gasteiger partial charge in [0.1, 0.15) is 0 Å². The number of aromatic amines is 1. The van der Waals surface area contributed by atoms with Crippen molar-refractivity contribution >= 4 is 20.7 Å². The van der Waals surface area contributed by atoms with Crippen LogP contribution in [0.5, 0.6) is 0 Å². The number of hydrogen-bond donors (Lipinski definition) is 1. The third kappa shape index (κ3) is 2.02. The van der Waals surface area contributed by atoms with E-state index in [1.54, 1.807) is 36.5 Å². The second-order valence-electron chi connectivity index (χ2n) is 4.60. The summed E-state index contributed by atoms with van der Waals surface area (Å²) in [5.41, 5.74) is 1.83. The minimum absolute atomic E-state index is 0.306. The summed E-state index contributed by atoms with van der Waals surface area (Å²) >= 11 is 0. The summed E-state index contributed by atoms with van der Waals surface area (Å²) < 4.78 is 25.3. The molecule has 0 fully saturated rings. The Bertz CT molecular complexity index is 849. The highest BCUT2D eigenvalue weighted by atomic mass is 32.2. The lowest BCUT2D eigenvalue weighted by Crippen LogP contribution is -2.00.